The van der Waals surface area contributed by atoms with Gasteiger partial charge in [0.25, 0.3) is 0 Å². The van der Waals surface area contributed by atoms with Crippen molar-refractivity contribution in [3.8, 4) is 0 Å². The van der Waals surface area contributed by atoms with E-state index >= 15 is 0 Å². The number of anilines is 1. The number of nitrogens with two attached hydrogens (primary N) is 1. The minimum absolute atomic E-state index is 0.0496. The number of hydrogen-bond donors (Lipinski definition) is 3. The summed E-state index contributed by atoms with van der Waals surface area (Å²) in [5, 5.41) is 13.5. The topological polar surface area (TPSA) is 87.7 Å². The minimum atomic E-state index is -0.920. The average Bonchev–Trinajstić information content (AvgIpc) is 2.36. The van der Waals surface area contributed by atoms with Crippen LogP contribution in [-0.4, -0.2) is 17.0 Å². The summed E-state index contributed by atoms with van der Waals surface area (Å²) < 4.78 is 26.7. The molecule has 0 spiro atoms. The van der Waals surface area contributed by atoms with Gasteiger partial charge in [-0.25, -0.2) is 8.78 Å². The van der Waals surface area contributed by atoms with Crippen LogP contribution in [0.25, 0.3) is 0 Å². The highest BCUT2D eigenvalue weighted by molar-refractivity contribution is 9.10. The summed E-state index contributed by atoms with van der Waals surface area (Å²) in [6.07, 6.45) is 0.252. The van der Waals surface area contributed by atoms with Gasteiger partial charge in [0.05, 0.1) is 16.1 Å². The van der Waals surface area contributed by atoms with E-state index in [9.17, 15) is 13.6 Å². The van der Waals surface area contributed by atoms with Gasteiger partial charge in [-0.15, -0.1) is 0 Å². The van der Waals surface area contributed by atoms with E-state index in [1.807, 2.05) is 0 Å². The number of amidine groups is 1. The lowest BCUT2D eigenvalue weighted by molar-refractivity contribution is -0.118. The first kappa shape index (κ1) is 15.4. The van der Waals surface area contributed by atoms with Crippen LogP contribution in [0.2, 0.25) is 0 Å². The summed E-state index contributed by atoms with van der Waals surface area (Å²) in [4.78, 5) is 11.8. The Balaban J connectivity index is 2.96. The first-order chi connectivity index (χ1) is 8.90. The molecule has 4 N–H and O–H groups in total. The fraction of sp³-hybridized carbons (Fsp3) is 0.273. The molecule has 0 bridgehead atoms. The first-order valence-corrected chi connectivity index (χ1v) is 6.12. The predicted octanol–water partition coefficient (Wildman–Crippen LogP) is 2.44. The molecule has 19 heavy (non-hydrogen) atoms. The quantitative estimate of drug-likeness (QED) is 0.259. The van der Waals surface area contributed by atoms with Gasteiger partial charge in [-0.1, -0.05) is 12.1 Å². The van der Waals surface area contributed by atoms with Crippen molar-refractivity contribution in [2.75, 3.05) is 5.32 Å². The van der Waals surface area contributed by atoms with Crippen LogP contribution < -0.4 is 11.1 Å². The summed E-state index contributed by atoms with van der Waals surface area (Å²) in [5.41, 5.74) is 5.03. The largest absolute Gasteiger partial charge is 0.409 e. The molecule has 0 aliphatic rings. The van der Waals surface area contributed by atoms with Crippen LogP contribution in [0, 0.1) is 17.6 Å². The average molecular weight is 336 g/mol. The Morgan fingerprint density at radius 2 is 2.16 bits per heavy atom. The van der Waals surface area contributed by atoms with Crippen LogP contribution in [0.5, 0.6) is 0 Å². The van der Waals surface area contributed by atoms with Crippen molar-refractivity contribution in [2.24, 2.45) is 16.8 Å². The third kappa shape index (κ3) is 3.63. The number of nitrogens with zero attached hydrogens (tertiary/aromatic N) is 1. The van der Waals surface area contributed by atoms with Crippen molar-refractivity contribution in [1.29, 1.82) is 0 Å². The zero-order valence-corrected chi connectivity index (χ0v) is 11.5. The second-order valence-electron chi connectivity index (χ2n) is 3.72. The highest BCUT2D eigenvalue weighted by Crippen LogP contribution is 2.24. The van der Waals surface area contributed by atoms with Crippen LogP contribution in [-0.2, 0) is 4.79 Å². The van der Waals surface area contributed by atoms with Gasteiger partial charge in [0, 0.05) is 6.07 Å². The summed E-state index contributed by atoms with van der Waals surface area (Å²) in [6, 6.07) is 1.74. The molecule has 0 aliphatic heterocycles. The molecule has 0 heterocycles. The molecule has 1 rings (SSSR count). The van der Waals surface area contributed by atoms with Crippen molar-refractivity contribution in [3.05, 3.63) is 28.2 Å². The van der Waals surface area contributed by atoms with E-state index in [2.05, 4.69) is 26.4 Å². The lowest BCUT2D eigenvalue weighted by Gasteiger charge is -2.14. The molecule has 0 radical (unpaired) electrons. The van der Waals surface area contributed by atoms with E-state index in [1.54, 1.807) is 6.92 Å². The zero-order valence-electron chi connectivity index (χ0n) is 9.95. The Morgan fingerprint density at radius 1 is 1.53 bits per heavy atom. The maximum Gasteiger partial charge on any atom is 0.235 e. The fourth-order valence-corrected chi connectivity index (χ4v) is 1.75. The molecular formula is C11H12BrF2N3O2. The molecule has 0 fully saturated rings. The van der Waals surface area contributed by atoms with Crippen LogP contribution in [0.15, 0.2) is 21.8 Å². The number of amides is 1. The predicted molar refractivity (Wildman–Crippen MR) is 69.9 cm³/mol. The van der Waals surface area contributed by atoms with E-state index in [-0.39, 0.29) is 22.4 Å². The van der Waals surface area contributed by atoms with Gasteiger partial charge in [-0.05, 0) is 28.4 Å². The Hall–Kier alpha value is -1.70. The van der Waals surface area contributed by atoms with Crippen molar-refractivity contribution in [1.82, 2.24) is 0 Å². The van der Waals surface area contributed by atoms with Gasteiger partial charge < -0.3 is 16.3 Å². The van der Waals surface area contributed by atoms with E-state index in [0.717, 1.165) is 12.1 Å². The van der Waals surface area contributed by atoms with Crippen LogP contribution in [0.4, 0.5) is 14.5 Å². The number of nitrogens with one attached hydrogen (secondary N) is 1. The Labute approximate surface area is 116 Å². The maximum atomic E-state index is 13.5. The molecule has 8 heteroatoms. The van der Waals surface area contributed by atoms with Crippen molar-refractivity contribution in [2.45, 2.75) is 13.3 Å². The van der Waals surface area contributed by atoms with E-state index < -0.39 is 23.5 Å². The summed E-state index contributed by atoms with van der Waals surface area (Å²) in [6.45, 7) is 1.64. The fourth-order valence-electron chi connectivity index (χ4n) is 1.44. The lowest BCUT2D eigenvalue weighted by Crippen LogP contribution is -2.34. The lowest BCUT2D eigenvalue weighted by atomic mass is 10.0. The zero-order chi connectivity index (χ0) is 14.6. The Kier molecular flexibility index (Phi) is 5.22. The monoisotopic (exact) mass is 335 g/mol. The number of oxime groups is 1. The Bertz CT molecular complexity index is 523. The highest BCUT2D eigenvalue weighted by atomic mass is 79.9. The molecule has 104 valence electrons. The van der Waals surface area contributed by atoms with Crippen molar-refractivity contribution in [3.63, 3.8) is 0 Å². The molecule has 1 aromatic rings. The number of benzene rings is 1. The van der Waals surface area contributed by atoms with Gasteiger partial charge in [-0.3, -0.25) is 4.79 Å². The Morgan fingerprint density at radius 3 is 2.68 bits per heavy atom. The van der Waals surface area contributed by atoms with Gasteiger partial charge in [0.1, 0.15) is 11.6 Å². The van der Waals surface area contributed by atoms with Gasteiger partial charge in [0.2, 0.25) is 5.91 Å². The smallest absolute Gasteiger partial charge is 0.235 e. The molecule has 1 unspecified atom stereocenters. The first-order valence-electron chi connectivity index (χ1n) is 5.33. The number of halogens is 3. The molecule has 0 saturated carbocycles. The van der Waals surface area contributed by atoms with E-state index in [4.69, 9.17) is 10.9 Å². The second kappa shape index (κ2) is 6.46. The van der Waals surface area contributed by atoms with Crippen LogP contribution >= 0.6 is 15.9 Å². The van der Waals surface area contributed by atoms with E-state index in [0.29, 0.717) is 0 Å². The highest BCUT2D eigenvalue weighted by Gasteiger charge is 2.22. The third-order valence-corrected chi connectivity index (χ3v) is 3.07. The van der Waals surface area contributed by atoms with Gasteiger partial charge in [-0.2, -0.15) is 0 Å². The minimum Gasteiger partial charge on any atom is -0.409 e. The molecule has 5 nitrogen and oxygen atoms in total. The number of hydrogen-bond acceptors (Lipinski definition) is 3. The molecule has 1 amide bonds. The van der Waals surface area contributed by atoms with Gasteiger partial charge >= 0.3 is 0 Å². The molecule has 0 aromatic heterocycles. The van der Waals surface area contributed by atoms with E-state index in [1.165, 1.54) is 0 Å². The second-order valence-corrected chi connectivity index (χ2v) is 4.58. The number of rotatable bonds is 4. The molecule has 1 aromatic carbocycles. The summed E-state index contributed by atoms with van der Waals surface area (Å²) >= 11 is 2.82. The molecule has 0 aliphatic carbocycles. The number of carbonyl (C=O) groups is 1. The SMILES string of the molecule is CCC(C(=O)Nc1cc(F)c(Br)cc1F)/C(N)=N/O. The van der Waals surface area contributed by atoms with Crippen LogP contribution in [0.3, 0.4) is 0 Å². The summed E-state index contributed by atoms with van der Waals surface area (Å²) in [7, 11) is 0. The third-order valence-electron chi connectivity index (χ3n) is 2.47. The molecule has 0 saturated heterocycles. The standard InChI is InChI=1S/C11H12BrF2N3O2/c1-2-5(10(15)17-19)11(18)16-9-4-7(13)6(12)3-8(9)14/h3-5,19H,2H2,1H3,(H2,15,17)(H,16,18). The number of carbonyl (C=O) groups excluding carboxylic acids is 1. The van der Waals surface area contributed by atoms with Crippen LogP contribution in [0.1, 0.15) is 13.3 Å². The normalized spacial score (nSPS) is 13.2. The van der Waals surface area contributed by atoms with Gasteiger partial charge in [0.15, 0.2) is 5.84 Å². The van der Waals surface area contributed by atoms with Crippen molar-refractivity contribution >= 4 is 33.4 Å². The maximum absolute atomic E-state index is 13.5. The molecule has 1 atom stereocenters. The summed E-state index contributed by atoms with van der Waals surface area (Å²) in [5.74, 6) is -3.41. The van der Waals surface area contributed by atoms with Crippen molar-refractivity contribution < 1.29 is 18.8 Å². The molecular weight excluding hydrogens is 324 g/mol.